The minimum atomic E-state index is -0.229. The number of Topliss-reactive ketones (excluding diaryl/α,β-unsaturated/α-hetero) is 1. The van der Waals surface area contributed by atoms with E-state index in [9.17, 15) is 9.59 Å². The average Bonchev–Trinajstić information content (AvgIpc) is 3.24. The molecular formula is C25H30N4O3. The lowest BCUT2D eigenvalue weighted by molar-refractivity contribution is -0.125. The van der Waals surface area contributed by atoms with E-state index in [-0.39, 0.29) is 24.5 Å². The molecule has 0 radical (unpaired) electrons. The fourth-order valence-corrected chi connectivity index (χ4v) is 3.99. The van der Waals surface area contributed by atoms with Gasteiger partial charge in [0.1, 0.15) is 6.61 Å². The Hall–Kier alpha value is -3.03. The first-order valence-electron chi connectivity index (χ1n) is 11.1. The maximum atomic E-state index is 12.6. The molecule has 4 rings (SSSR count). The standard InChI is InChI=1S/C25H30N4O3/c1-17(2)15-32-16-24(30)23-11-19(8-10-27-23)18-3-5-22(6-4-18)28-25(31)29-13-20-7-9-26-12-21(20)14-29/h3-9,12,17,23,27H,10-11,13-16H2,1-2H3,(H,28,31). The molecule has 0 fully saturated rings. The van der Waals surface area contributed by atoms with Gasteiger partial charge in [-0.05, 0) is 52.8 Å². The van der Waals surface area contributed by atoms with E-state index in [1.165, 1.54) is 0 Å². The van der Waals surface area contributed by atoms with Crippen molar-refractivity contribution < 1.29 is 14.3 Å². The monoisotopic (exact) mass is 434 g/mol. The van der Waals surface area contributed by atoms with E-state index in [0.29, 0.717) is 38.6 Å². The number of ether oxygens (including phenoxy) is 1. The first-order chi connectivity index (χ1) is 15.5. The molecule has 2 N–H and O–H groups in total. The van der Waals surface area contributed by atoms with Crippen LogP contribution in [0.25, 0.3) is 5.57 Å². The summed E-state index contributed by atoms with van der Waals surface area (Å²) in [6.07, 6.45) is 6.32. The summed E-state index contributed by atoms with van der Waals surface area (Å²) in [6, 6.07) is 9.40. The quantitative estimate of drug-likeness (QED) is 0.696. The molecule has 1 atom stereocenters. The topological polar surface area (TPSA) is 83.6 Å². The van der Waals surface area contributed by atoms with E-state index >= 15 is 0 Å². The molecule has 0 bridgehead atoms. The van der Waals surface area contributed by atoms with Crippen LogP contribution < -0.4 is 10.6 Å². The molecular weight excluding hydrogens is 404 g/mol. The number of nitrogens with zero attached hydrogens (tertiary/aromatic N) is 2. The van der Waals surface area contributed by atoms with Crippen LogP contribution in [0, 0.1) is 5.92 Å². The number of pyridine rings is 1. The van der Waals surface area contributed by atoms with Crippen LogP contribution in [0.2, 0.25) is 0 Å². The summed E-state index contributed by atoms with van der Waals surface area (Å²) in [5.41, 5.74) is 5.17. The zero-order valence-corrected chi connectivity index (χ0v) is 18.6. The van der Waals surface area contributed by atoms with Gasteiger partial charge in [0.25, 0.3) is 0 Å². The number of ketones is 1. The summed E-state index contributed by atoms with van der Waals surface area (Å²) in [6.45, 7) is 6.69. The van der Waals surface area contributed by atoms with E-state index in [0.717, 1.165) is 28.0 Å². The van der Waals surface area contributed by atoms with Crippen molar-refractivity contribution in [3.63, 3.8) is 0 Å². The van der Waals surface area contributed by atoms with Gasteiger partial charge in [0.15, 0.2) is 5.78 Å². The number of aromatic nitrogens is 1. The van der Waals surface area contributed by atoms with Gasteiger partial charge in [0, 0.05) is 44.3 Å². The highest BCUT2D eigenvalue weighted by Crippen LogP contribution is 2.26. The highest BCUT2D eigenvalue weighted by molar-refractivity contribution is 5.90. The van der Waals surface area contributed by atoms with Crippen molar-refractivity contribution in [2.75, 3.05) is 25.1 Å². The van der Waals surface area contributed by atoms with Crippen LogP contribution in [0.1, 0.15) is 37.0 Å². The molecule has 0 spiro atoms. The van der Waals surface area contributed by atoms with Crippen molar-refractivity contribution in [1.29, 1.82) is 0 Å². The molecule has 2 amide bonds. The van der Waals surface area contributed by atoms with Gasteiger partial charge in [-0.2, -0.15) is 0 Å². The van der Waals surface area contributed by atoms with Gasteiger partial charge in [0.05, 0.1) is 6.04 Å². The van der Waals surface area contributed by atoms with Gasteiger partial charge in [-0.25, -0.2) is 4.79 Å². The summed E-state index contributed by atoms with van der Waals surface area (Å²) < 4.78 is 5.51. The molecule has 1 aromatic heterocycles. The maximum Gasteiger partial charge on any atom is 0.322 e. The first kappa shape index (κ1) is 22.2. The molecule has 2 aliphatic heterocycles. The molecule has 7 nitrogen and oxygen atoms in total. The zero-order valence-electron chi connectivity index (χ0n) is 18.6. The Morgan fingerprint density at radius 1 is 1.19 bits per heavy atom. The SMILES string of the molecule is CC(C)COCC(=O)C1CC(c2ccc(NC(=O)N3Cc4ccncc4C3)cc2)=CCN1. The van der Waals surface area contributed by atoms with Gasteiger partial charge in [-0.1, -0.05) is 32.1 Å². The Labute approximate surface area is 188 Å². The van der Waals surface area contributed by atoms with Crippen molar-refractivity contribution >= 4 is 23.1 Å². The number of urea groups is 1. The molecule has 0 saturated heterocycles. The number of benzene rings is 1. The fraction of sp³-hybridized carbons (Fsp3) is 0.400. The van der Waals surface area contributed by atoms with E-state index in [1.807, 2.05) is 36.5 Å². The number of hydrogen-bond acceptors (Lipinski definition) is 5. The predicted octanol–water partition coefficient (Wildman–Crippen LogP) is 3.62. The lowest BCUT2D eigenvalue weighted by Gasteiger charge is -2.24. The second kappa shape index (κ2) is 10.1. The normalized spacial score (nSPS) is 17.8. The van der Waals surface area contributed by atoms with E-state index in [2.05, 4.69) is 35.5 Å². The number of nitrogens with one attached hydrogen (secondary N) is 2. The highest BCUT2D eigenvalue weighted by Gasteiger charge is 2.24. The molecule has 32 heavy (non-hydrogen) atoms. The van der Waals surface area contributed by atoms with Crippen LogP contribution >= 0.6 is 0 Å². The Morgan fingerprint density at radius 3 is 2.72 bits per heavy atom. The highest BCUT2D eigenvalue weighted by atomic mass is 16.5. The fourth-order valence-electron chi connectivity index (χ4n) is 3.99. The number of rotatable bonds is 7. The minimum absolute atomic E-state index is 0.0851. The van der Waals surface area contributed by atoms with Crippen LogP contribution in [0.5, 0.6) is 0 Å². The lowest BCUT2D eigenvalue weighted by Crippen LogP contribution is -2.41. The minimum Gasteiger partial charge on any atom is -0.373 e. The predicted molar refractivity (Wildman–Crippen MR) is 124 cm³/mol. The average molecular weight is 435 g/mol. The van der Waals surface area contributed by atoms with Gasteiger partial charge in [-0.15, -0.1) is 0 Å². The second-order valence-electron chi connectivity index (χ2n) is 8.78. The molecule has 2 aliphatic rings. The lowest BCUT2D eigenvalue weighted by atomic mass is 9.93. The van der Waals surface area contributed by atoms with Crippen molar-refractivity contribution in [2.24, 2.45) is 5.92 Å². The smallest absolute Gasteiger partial charge is 0.322 e. The van der Waals surface area contributed by atoms with Crippen LogP contribution in [-0.2, 0) is 22.6 Å². The van der Waals surface area contributed by atoms with Crippen molar-refractivity contribution in [2.45, 2.75) is 39.4 Å². The van der Waals surface area contributed by atoms with Crippen LogP contribution in [0.15, 0.2) is 48.8 Å². The summed E-state index contributed by atoms with van der Waals surface area (Å²) >= 11 is 0. The number of hydrogen-bond donors (Lipinski definition) is 2. The van der Waals surface area contributed by atoms with Crippen LogP contribution in [0.3, 0.4) is 0 Å². The number of carbonyl (C=O) groups excluding carboxylic acids is 2. The summed E-state index contributed by atoms with van der Waals surface area (Å²) in [4.78, 5) is 31.0. The molecule has 3 heterocycles. The number of anilines is 1. The first-order valence-corrected chi connectivity index (χ1v) is 11.1. The summed E-state index contributed by atoms with van der Waals surface area (Å²) in [5, 5.41) is 6.23. The molecule has 1 unspecified atom stereocenters. The molecule has 2 aromatic rings. The van der Waals surface area contributed by atoms with Gasteiger partial charge < -0.3 is 20.3 Å². The Morgan fingerprint density at radius 2 is 1.97 bits per heavy atom. The number of carbonyl (C=O) groups is 2. The van der Waals surface area contributed by atoms with E-state index in [4.69, 9.17) is 4.74 Å². The van der Waals surface area contributed by atoms with Crippen molar-refractivity contribution in [3.05, 3.63) is 65.5 Å². The van der Waals surface area contributed by atoms with Crippen LogP contribution in [-0.4, -0.2) is 47.5 Å². The maximum absolute atomic E-state index is 12.6. The second-order valence-corrected chi connectivity index (χ2v) is 8.78. The third-order valence-corrected chi connectivity index (χ3v) is 5.74. The molecule has 0 aliphatic carbocycles. The Kier molecular flexibility index (Phi) is 6.97. The van der Waals surface area contributed by atoms with Gasteiger partial charge in [0.2, 0.25) is 0 Å². The van der Waals surface area contributed by atoms with Crippen molar-refractivity contribution in [1.82, 2.24) is 15.2 Å². The molecule has 7 heteroatoms. The Balaban J connectivity index is 1.31. The summed E-state index contributed by atoms with van der Waals surface area (Å²) in [7, 11) is 0. The van der Waals surface area contributed by atoms with Crippen molar-refractivity contribution in [3.8, 4) is 0 Å². The molecule has 1 aromatic carbocycles. The Bertz CT molecular complexity index is 976. The van der Waals surface area contributed by atoms with Gasteiger partial charge >= 0.3 is 6.03 Å². The molecule has 0 saturated carbocycles. The largest absolute Gasteiger partial charge is 0.373 e. The number of amides is 2. The summed E-state index contributed by atoms with van der Waals surface area (Å²) in [5.74, 6) is 0.497. The third-order valence-electron chi connectivity index (χ3n) is 5.74. The van der Waals surface area contributed by atoms with Gasteiger partial charge in [-0.3, -0.25) is 9.78 Å². The number of fused-ring (bicyclic) bond motifs is 1. The third kappa shape index (κ3) is 5.41. The van der Waals surface area contributed by atoms with E-state index < -0.39 is 0 Å². The van der Waals surface area contributed by atoms with E-state index in [1.54, 1.807) is 11.1 Å². The molecule has 168 valence electrons. The zero-order chi connectivity index (χ0) is 22.5. The van der Waals surface area contributed by atoms with Crippen LogP contribution in [0.4, 0.5) is 10.5 Å².